The van der Waals surface area contributed by atoms with Crippen molar-refractivity contribution in [3.8, 4) is 0 Å². The van der Waals surface area contributed by atoms with E-state index in [9.17, 15) is 0 Å². The van der Waals surface area contributed by atoms with Crippen LogP contribution in [0.3, 0.4) is 0 Å². The summed E-state index contributed by atoms with van der Waals surface area (Å²) in [6.07, 6.45) is 3.84. The van der Waals surface area contributed by atoms with Crippen molar-refractivity contribution in [2.24, 2.45) is 17.1 Å². The lowest BCUT2D eigenvalue weighted by Gasteiger charge is -2.32. The fourth-order valence-electron chi connectivity index (χ4n) is 2.94. The van der Waals surface area contributed by atoms with E-state index < -0.39 is 0 Å². The molecule has 1 aliphatic rings. The smallest absolute Gasteiger partial charge is 0.0406 e. The molecule has 2 N–H and O–H groups in total. The lowest BCUT2D eigenvalue weighted by atomic mass is 9.76. The normalized spacial score (nSPS) is 25.6. The van der Waals surface area contributed by atoms with E-state index in [4.69, 9.17) is 17.3 Å². The molecule has 1 aromatic rings. The third kappa shape index (κ3) is 2.26. The molecule has 1 nitrogen and oxygen atoms in total. The topological polar surface area (TPSA) is 26.0 Å². The van der Waals surface area contributed by atoms with E-state index in [1.165, 1.54) is 24.8 Å². The summed E-state index contributed by atoms with van der Waals surface area (Å²) in [6, 6.07) is 8.12. The molecule has 0 bridgehead atoms. The van der Waals surface area contributed by atoms with Gasteiger partial charge in [-0.3, -0.25) is 0 Å². The average Bonchev–Trinajstić information content (AvgIpc) is 2.58. The van der Waals surface area contributed by atoms with Crippen LogP contribution in [0, 0.1) is 11.3 Å². The predicted octanol–water partition coefficient (Wildman–Crippen LogP) is 4.17. The molecule has 0 spiro atoms. The number of halogens is 1. The van der Waals surface area contributed by atoms with Gasteiger partial charge >= 0.3 is 0 Å². The van der Waals surface area contributed by atoms with E-state index >= 15 is 0 Å². The van der Waals surface area contributed by atoms with Crippen molar-refractivity contribution in [2.45, 2.75) is 39.2 Å². The SMILES string of the molecule is CC1(C)CCCC1C(N)c1ccc(Cl)cc1. The summed E-state index contributed by atoms with van der Waals surface area (Å²) in [5.74, 6) is 0.591. The lowest BCUT2D eigenvalue weighted by molar-refractivity contribution is 0.222. The van der Waals surface area contributed by atoms with Gasteiger partial charge in [0.1, 0.15) is 0 Å². The summed E-state index contributed by atoms with van der Waals surface area (Å²) in [5.41, 5.74) is 7.97. The van der Waals surface area contributed by atoms with Gasteiger partial charge in [0.15, 0.2) is 0 Å². The van der Waals surface area contributed by atoms with Crippen molar-refractivity contribution in [3.05, 3.63) is 34.9 Å². The second kappa shape index (κ2) is 4.38. The van der Waals surface area contributed by atoms with E-state index in [1.54, 1.807) is 0 Å². The van der Waals surface area contributed by atoms with Crippen LogP contribution in [-0.4, -0.2) is 0 Å². The quantitative estimate of drug-likeness (QED) is 0.821. The Bertz CT molecular complexity index is 356. The molecule has 0 heterocycles. The zero-order valence-corrected chi connectivity index (χ0v) is 10.8. The summed E-state index contributed by atoms with van der Waals surface area (Å²) in [7, 11) is 0. The van der Waals surface area contributed by atoms with Gasteiger partial charge in [0.2, 0.25) is 0 Å². The minimum Gasteiger partial charge on any atom is -0.324 e. The largest absolute Gasteiger partial charge is 0.324 e. The van der Waals surface area contributed by atoms with Gasteiger partial charge in [0.05, 0.1) is 0 Å². The van der Waals surface area contributed by atoms with Gasteiger partial charge in [-0.2, -0.15) is 0 Å². The van der Waals surface area contributed by atoms with Crippen LogP contribution in [0.5, 0.6) is 0 Å². The van der Waals surface area contributed by atoms with E-state index in [0.29, 0.717) is 11.3 Å². The van der Waals surface area contributed by atoms with E-state index in [-0.39, 0.29) is 6.04 Å². The summed E-state index contributed by atoms with van der Waals surface area (Å²) in [5, 5.41) is 0.779. The third-order valence-electron chi connectivity index (χ3n) is 4.03. The standard InChI is InChI=1S/C14H20ClN/c1-14(2)9-3-4-12(14)13(16)10-5-7-11(15)8-6-10/h5-8,12-13H,3-4,9,16H2,1-2H3. The van der Waals surface area contributed by atoms with E-state index in [0.717, 1.165) is 5.02 Å². The Morgan fingerprint density at radius 1 is 1.31 bits per heavy atom. The van der Waals surface area contributed by atoms with Gasteiger partial charge in [-0.15, -0.1) is 0 Å². The molecule has 16 heavy (non-hydrogen) atoms. The molecular weight excluding hydrogens is 218 g/mol. The average molecular weight is 238 g/mol. The van der Waals surface area contributed by atoms with Crippen LogP contribution in [0.4, 0.5) is 0 Å². The molecular formula is C14H20ClN. The van der Waals surface area contributed by atoms with Crippen molar-refractivity contribution in [2.75, 3.05) is 0 Å². The van der Waals surface area contributed by atoms with Crippen LogP contribution in [0.2, 0.25) is 5.02 Å². The first-order valence-electron chi connectivity index (χ1n) is 6.02. The molecule has 0 amide bonds. The maximum atomic E-state index is 6.38. The number of hydrogen-bond donors (Lipinski definition) is 1. The molecule has 88 valence electrons. The first kappa shape index (κ1) is 11.9. The molecule has 1 aliphatic carbocycles. The summed E-state index contributed by atoms with van der Waals surface area (Å²) in [4.78, 5) is 0. The van der Waals surface area contributed by atoms with Gasteiger partial charge in [-0.25, -0.2) is 0 Å². The van der Waals surface area contributed by atoms with E-state index in [2.05, 4.69) is 26.0 Å². The molecule has 2 unspecified atom stereocenters. The maximum Gasteiger partial charge on any atom is 0.0406 e. The molecule has 1 aromatic carbocycles. The molecule has 0 saturated heterocycles. The van der Waals surface area contributed by atoms with Crippen LogP contribution >= 0.6 is 11.6 Å². The Morgan fingerprint density at radius 3 is 2.44 bits per heavy atom. The highest BCUT2D eigenvalue weighted by molar-refractivity contribution is 6.30. The van der Waals surface area contributed by atoms with Crippen LogP contribution < -0.4 is 5.73 Å². The first-order chi connectivity index (χ1) is 7.50. The fourth-order valence-corrected chi connectivity index (χ4v) is 3.06. The van der Waals surface area contributed by atoms with Crippen molar-refractivity contribution < 1.29 is 0 Å². The third-order valence-corrected chi connectivity index (χ3v) is 4.28. The summed E-state index contributed by atoms with van der Waals surface area (Å²) < 4.78 is 0. The summed E-state index contributed by atoms with van der Waals surface area (Å²) in [6.45, 7) is 4.67. The van der Waals surface area contributed by atoms with Gasteiger partial charge in [0.25, 0.3) is 0 Å². The zero-order valence-electron chi connectivity index (χ0n) is 10.0. The van der Waals surface area contributed by atoms with Crippen LogP contribution in [0.15, 0.2) is 24.3 Å². The van der Waals surface area contributed by atoms with Crippen molar-refractivity contribution in [3.63, 3.8) is 0 Å². The molecule has 1 saturated carbocycles. The molecule has 0 aliphatic heterocycles. The Hall–Kier alpha value is -0.530. The first-order valence-corrected chi connectivity index (χ1v) is 6.39. The minimum absolute atomic E-state index is 0.148. The van der Waals surface area contributed by atoms with E-state index in [1.807, 2.05) is 12.1 Å². The van der Waals surface area contributed by atoms with Crippen LogP contribution in [0.1, 0.15) is 44.7 Å². The highest BCUT2D eigenvalue weighted by Gasteiger charge is 2.38. The zero-order chi connectivity index (χ0) is 11.8. The number of nitrogens with two attached hydrogens (primary N) is 1. The maximum absolute atomic E-state index is 6.38. The second-order valence-corrected chi connectivity index (χ2v) is 6.00. The van der Waals surface area contributed by atoms with Crippen molar-refractivity contribution in [1.82, 2.24) is 0 Å². The number of hydrogen-bond acceptors (Lipinski definition) is 1. The van der Waals surface area contributed by atoms with Crippen LogP contribution in [0.25, 0.3) is 0 Å². The van der Waals surface area contributed by atoms with Gasteiger partial charge in [0, 0.05) is 11.1 Å². The Balaban J connectivity index is 2.18. The van der Waals surface area contributed by atoms with Crippen molar-refractivity contribution >= 4 is 11.6 Å². The Morgan fingerprint density at radius 2 is 1.94 bits per heavy atom. The number of benzene rings is 1. The lowest BCUT2D eigenvalue weighted by Crippen LogP contribution is -2.29. The van der Waals surface area contributed by atoms with Gasteiger partial charge in [-0.05, 0) is 41.9 Å². The molecule has 0 aromatic heterocycles. The monoisotopic (exact) mass is 237 g/mol. The predicted molar refractivity (Wildman–Crippen MR) is 69.5 cm³/mol. The molecule has 2 heteroatoms. The van der Waals surface area contributed by atoms with Gasteiger partial charge in [-0.1, -0.05) is 44.0 Å². The molecule has 2 rings (SSSR count). The molecule has 1 fully saturated rings. The van der Waals surface area contributed by atoms with Crippen molar-refractivity contribution in [1.29, 1.82) is 0 Å². The molecule has 2 atom stereocenters. The van der Waals surface area contributed by atoms with Crippen LogP contribution in [-0.2, 0) is 0 Å². The number of rotatable bonds is 2. The van der Waals surface area contributed by atoms with Gasteiger partial charge < -0.3 is 5.73 Å². The Labute approximate surface area is 103 Å². The Kier molecular flexibility index (Phi) is 3.27. The fraction of sp³-hybridized carbons (Fsp3) is 0.571. The summed E-state index contributed by atoms with van der Waals surface area (Å²) >= 11 is 5.89. The highest BCUT2D eigenvalue weighted by Crippen LogP contribution is 2.47. The minimum atomic E-state index is 0.148. The molecule has 0 radical (unpaired) electrons. The second-order valence-electron chi connectivity index (χ2n) is 5.56. The highest BCUT2D eigenvalue weighted by atomic mass is 35.5.